The largest absolute Gasteiger partial charge is 0.382 e. The van der Waals surface area contributed by atoms with Gasteiger partial charge in [-0.05, 0) is 13.8 Å². The molecule has 0 heterocycles. The second-order valence-corrected chi connectivity index (χ2v) is 2.67. The molecule has 0 rings (SSSR count). The van der Waals surface area contributed by atoms with Crippen LogP contribution in [0.4, 0.5) is 8.78 Å². The number of rotatable bonds is 3. The van der Waals surface area contributed by atoms with E-state index in [4.69, 9.17) is 0 Å². The van der Waals surface area contributed by atoms with E-state index in [1.807, 2.05) is 0 Å². The monoisotopic (exact) mass is 149 g/mol. The van der Waals surface area contributed by atoms with Gasteiger partial charge in [0.1, 0.15) is 0 Å². The number of alkyl halides is 2. The highest BCUT2D eigenvalue weighted by molar-refractivity contribution is 5.03. The van der Waals surface area contributed by atoms with Crippen molar-refractivity contribution >= 4 is 0 Å². The first-order valence-electron chi connectivity index (χ1n) is 3.17. The van der Waals surface area contributed by atoms with Crippen molar-refractivity contribution in [2.75, 3.05) is 0 Å². The third-order valence-corrected chi connectivity index (χ3v) is 0.993. The molecule has 1 nitrogen and oxygen atoms in total. The van der Waals surface area contributed by atoms with Crippen molar-refractivity contribution in [1.82, 2.24) is 5.32 Å². The molecule has 0 aromatic carbocycles. The summed E-state index contributed by atoms with van der Waals surface area (Å²) in [5.41, 5.74) is -0.220. The topological polar surface area (TPSA) is 12.0 Å². The summed E-state index contributed by atoms with van der Waals surface area (Å²) in [4.78, 5) is 0. The van der Waals surface area contributed by atoms with Gasteiger partial charge in [0.25, 0.3) is 5.92 Å². The normalized spacial score (nSPS) is 11.8. The highest BCUT2D eigenvalue weighted by Gasteiger charge is 2.25. The molecule has 0 unspecified atom stereocenters. The Morgan fingerprint density at radius 3 is 2.00 bits per heavy atom. The summed E-state index contributed by atoms with van der Waals surface area (Å²) >= 11 is 0. The average molecular weight is 149 g/mol. The van der Waals surface area contributed by atoms with Crippen LogP contribution < -0.4 is 5.32 Å². The smallest absolute Gasteiger partial charge is 0.283 e. The van der Waals surface area contributed by atoms with Crippen molar-refractivity contribution in [2.45, 2.75) is 32.7 Å². The van der Waals surface area contributed by atoms with Crippen molar-refractivity contribution in [3.8, 4) is 0 Å². The molecular formula is C7H13F2N. The molecule has 10 heavy (non-hydrogen) atoms. The second kappa shape index (κ2) is 2.99. The van der Waals surface area contributed by atoms with Crippen LogP contribution >= 0.6 is 0 Å². The van der Waals surface area contributed by atoms with Crippen LogP contribution in [0, 0.1) is 0 Å². The molecule has 0 aromatic heterocycles. The fourth-order valence-corrected chi connectivity index (χ4v) is 0.475. The lowest BCUT2D eigenvalue weighted by Gasteiger charge is -2.17. The summed E-state index contributed by atoms with van der Waals surface area (Å²) in [6.07, 6.45) is 0. The third-order valence-electron chi connectivity index (χ3n) is 0.993. The van der Waals surface area contributed by atoms with Crippen LogP contribution in [-0.2, 0) is 0 Å². The van der Waals surface area contributed by atoms with Crippen LogP contribution in [-0.4, -0.2) is 12.0 Å². The van der Waals surface area contributed by atoms with E-state index in [-0.39, 0.29) is 11.7 Å². The van der Waals surface area contributed by atoms with Gasteiger partial charge in [-0.1, -0.05) is 6.58 Å². The molecule has 0 saturated carbocycles. The minimum absolute atomic E-state index is 0.0123. The molecular weight excluding hydrogens is 136 g/mol. The van der Waals surface area contributed by atoms with Crippen LogP contribution in [0.5, 0.6) is 0 Å². The molecule has 0 spiro atoms. The minimum atomic E-state index is -2.82. The Labute approximate surface area is 60.1 Å². The summed E-state index contributed by atoms with van der Waals surface area (Å²) in [6, 6.07) is 0.0123. The van der Waals surface area contributed by atoms with Gasteiger partial charge >= 0.3 is 0 Å². The highest BCUT2D eigenvalue weighted by atomic mass is 19.3. The molecule has 0 amide bonds. The molecule has 0 aliphatic rings. The standard InChI is InChI=1S/C7H13F2N/c1-5(2)10-6(3)7(4,8)9/h5,10H,3H2,1-2,4H3. The van der Waals surface area contributed by atoms with E-state index >= 15 is 0 Å². The van der Waals surface area contributed by atoms with E-state index in [1.54, 1.807) is 13.8 Å². The Morgan fingerprint density at radius 1 is 1.50 bits per heavy atom. The van der Waals surface area contributed by atoms with Gasteiger partial charge in [-0.2, -0.15) is 0 Å². The summed E-state index contributed by atoms with van der Waals surface area (Å²) in [5, 5.41) is 2.54. The lowest BCUT2D eigenvalue weighted by atomic mass is 10.2. The number of allylic oxidation sites excluding steroid dienone is 1. The molecule has 3 heteroatoms. The maximum absolute atomic E-state index is 12.3. The maximum Gasteiger partial charge on any atom is 0.283 e. The van der Waals surface area contributed by atoms with E-state index in [9.17, 15) is 8.78 Å². The molecule has 0 aliphatic heterocycles. The van der Waals surface area contributed by atoms with E-state index < -0.39 is 5.92 Å². The molecule has 0 atom stereocenters. The minimum Gasteiger partial charge on any atom is -0.382 e. The first-order chi connectivity index (χ1) is 4.34. The van der Waals surface area contributed by atoms with Gasteiger partial charge in [0.05, 0.1) is 5.70 Å². The summed E-state index contributed by atoms with van der Waals surface area (Å²) in [6.45, 7) is 7.61. The Balaban J connectivity index is 3.87. The number of halogens is 2. The second-order valence-electron chi connectivity index (χ2n) is 2.67. The van der Waals surface area contributed by atoms with E-state index in [2.05, 4.69) is 11.9 Å². The number of hydrogen-bond acceptors (Lipinski definition) is 1. The van der Waals surface area contributed by atoms with E-state index in [0.29, 0.717) is 0 Å². The molecule has 0 radical (unpaired) electrons. The molecule has 0 aliphatic carbocycles. The first-order valence-corrected chi connectivity index (χ1v) is 3.17. The zero-order valence-electron chi connectivity index (χ0n) is 6.54. The van der Waals surface area contributed by atoms with Crippen molar-refractivity contribution in [3.63, 3.8) is 0 Å². The average Bonchev–Trinajstić information content (AvgIpc) is 1.60. The fraction of sp³-hybridized carbons (Fsp3) is 0.714. The van der Waals surface area contributed by atoms with Gasteiger partial charge in [0.15, 0.2) is 0 Å². The zero-order valence-corrected chi connectivity index (χ0v) is 6.54. The number of hydrogen-bond donors (Lipinski definition) is 1. The Hall–Kier alpha value is -0.600. The molecule has 0 fully saturated rings. The van der Waals surface area contributed by atoms with Crippen molar-refractivity contribution < 1.29 is 8.78 Å². The van der Waals surface area contributed by atoms with Crippen molar-refractivity contribution in [1.29, 1.82) is 0 Å². The van der Waals surface area contributed by atoms with Crippen molar-refractivity contribution in [2.24, 2.45) is 0 Å². The summed E-state index contributed by atoms with van der Waals surface area (Å²) in [5.74, 6) is -2.82. The maximum atomic E-state index is 12.3. The van der Waals surface area contributed by atoms with Crippen LogP contribution in [0.3, 0.4) is 0 Å². The lowest BCUT2D eigenvalue weighted by molar-refractivity contribution is 0.0549. The highest BCUT2D eigenvalue weighted by Crippen LogP contribution is 2.18. The van der Waals surface area contributed by atoms with Crippen LogP contribution in [0.25, 0.3) is 0 Å². The van der Waals surface area contributed by atoms with Gasteiger partial charge in [-0.3, -0.25) is 0 Å². The van der Waals surface area contributed by atoms with Gasteiger partial charge < -0.3 is 5.32 Å². The van der Waals surface area contributed by atoms with E-state index in [0.717, 1.165) is 6.92 Å². The predicted molar refractivity (Wildman–Crippen MR) is 38.0 cm³/mol. The molecule has 0 saturated heterocycles. The van der Waals surface area contributed by atoms with Gasteiger partial charge in [0, 0.05) is 13.0 Å². The van der Waals surface area contributed by atoms with Gasteiger partial charge in [-0.25, -0.2) is 8.78 Å². The molecule has 0 aromatic rings. The Kier molecular flexibility index (Phi) is 2.81. The van der Waals surface area contributed by atoms with Crippen LogP contribution in [0.1, 0.15) is 20.8 Å². The number of nitrogens with one attached hydrogen (secondary N) is 1. The summed E-state index contributed by atoms with van der Waals surface area (Å²) < 4.78 is 24.6. The fourth-order valence-electron chi connectivity index (χ4n) is 0.475. The van der Waals surface area contributed by atoms with Crippen molar-refractivity contribution in [3.05, 3.63) is 12.3 Å². The molecule has 60 valence electrons. The quantitative estimate of drug-likeness (QED) is 0.648. The molecule has 1 N–H and O–H groups in total. The SMILES string of the molecule is C=C(NC(C)C)C(C)(F)F. The Bertz CT molecular complexity index is 124. The van der Waals surface area contributed by atoms with E-state index in [1.165, 1.54) is 0 Å². The van der Waals surface area contributed by atoms with Crippen LogP contribution in [0.15, 0.2) is 12.3 Å². The zero-order chi connectivity index (χ0) is 8.36. The predicted octanol–water partition coefficient (Wildman–Crippen LogP) is 2.15. The van der Waals surface area contributed by atoms with Gasteiger partial charge in [0.2, 0.25) is 0 Å². The van der Waals surface area contributed by atoms with Gasteiger partial charge in [-0.15, -0.1) is 0 Å². The first kappa shape index (κ1) is 9.40. The molecule has 0 bridgehead atoms. The lowest BCUT2D eigenvalue weighted by Crippen LogP contribution is -2.31. The third kappa shape index (κ3) is 3.43. The van der Waals surface area contributed by atoms with Crippen LogP contribution in [0.2, 0.25) is 0 Å². The summed E-state index contributed by atoms with van der Waals surface area (Å²) in [7, 11) is 0. The Morgan fingerprint density at radius 2 is 1.90 bits per heavy atom.